The number of nitrogens with one attached hydrogen (secondary N) is 1. The molecule has 1 aromatic rings. The summed E-state index contributed by atoms with van der Waals surface area (Å²) in [6.07, 6.45) is 8.53. The van der Waals surface area contributed by atoms with Crippen molar-refractivity contribution in [1.82, 2.24) is 5.32 Å². The number of benzene rings is 1. The lowest BCUT2D eigenvalue weighted by molar-refractivity contribution is 0.626. The van der Waals surface area contributed by atoms with Gasteiger partial charge in [0.2, 0.25) is 0 Å². The van der Waals surface area contributed by atoms with E-state index in [1.54, 1.807) is 6.07 Å². The summed E-state index contributed by atoms with van der Waals surface area (Å²) in [6, 6.07) is 5.70. The van der Waals surface area contributed by atoms with Crippen LogP contribution in [0.1, 0.15) is 24.8 Å². The van der Waals surface area contributed by atoms with Crippen molar-refractivity contribution in [3.8, 4) is 0 Å². The van der Waals surface area contributed by atoms with E-state index in [1.807, 2.05) is 6.07 Å². The van der Waals surface area contributed by atoms with Gasteiger partial charge in [0.15, 0.2) is 0 Å². The molecule has 1 aliphatic carbocycles. The molecule has 1 N–H and O–H groups in total. The van der Waals surface area contributed by atoms with Gasteiger partial charge in [-0.25, -0.2) is 4.39 Å². The third-order valence-corrected chi connectivity index (χ3v) is 3.28. The van der Waals surface area contributed by atoms with Gasteiger partial charge in [-0.05, 0) is 43.9 Å². The minimum Gasteiger partial charge on any atom is -0.314 e. The summed E-state index contributed by atoms with van der Waals surface area (Å²) >= 11 is 5.86. The topological polar surface area (TPSA) is 12.0 Å². The van der Waals surface area contributed by atoms with E-state index in [0.29, 0.717) is 6.42 Å². The SMILES string of the molecule is Fc1cccc(C/C=C/CCNC2CC2)c1Cl. The highest BCUT2D eigenvalue weighted by molar-refractivity contribution is 6.31. The minimum atomic E-state index is -0.340. The Balaban J connectivity index is 1.72. The van der Waals surface area contributed by atoms with Crippen molar-refractivity contribution in [1.29, 1.82) is 0 Å². The smallest absolute Gasteiger partial charge is 0.142 e. The number of allylic oxidation sites excluding steroid dienone is 1. The first-order chi connectivity index (χ1) is 8.27. The molecule has 3 heteroatoms. The van der Waals surface area contributed by atoms with Crippen molar-refractivity contribution in [3.63, 3.8) is 0 Å². The maximum absolute atomic E-state index is 13.1. The summed E-state index contributed by atoms with van der Waals surface area (Å²) in [7, 11) is 0. The van der Waals surface area contributed by atoms with Crippen molar-refractivity contribution < 1.29 is 4.39 Å². The monoisotopic (exact) mass is 253 g/mol. The van der Waals surface area contributed by atoms with Gasteiger partial charge in [-0.3, -0.25) is 0 Å². The molecule has 1 saturated carbocycles. The zero-order chi connectivity index (χ0) is 12.1. The van der Waals surface area contributed by atoms with Crippen molar-refractivity contribution in [3.05, 3.63) is 46.8 Å². The van der Waals surface area contributed by atoms with Crippen LogP contribution < -0.4 is 5.32 Å². The van der Waals surface area contributed by atoms with Gasteiger partial charge in [0.05, 0.1) is 5.02 Å². The second-order valence-corrected chi connectivity index (χ2v) is 4.78. The van der Waals surface area contributed by atoms with E-state index >= 15 is 0 Å². The van der Waals surface area contributed by atoms with Crippen LogP contribution in [0.25, 0.3) is 0 Å². The average Bonchev–Trinajstić information content (AvgIpc) is 3.12. The first-order valence-corrected chi connectivity index (χ1v) is 6.46. The maximum atomic E-state index is 13.1. The second kappa shape index (κ2) is 6.18. The third-order valence-electron chi connectivity index (χ3n) is 2.86. The Kier molecular flexibility index (Phi) is 4.57. The van der Waals surface area contributed by atoms with Gasteiger partial charge in [0.1, 0.15) is 5.82 Å². The predicted molar refractivity (Wildman–Crippen MR) is 69.9 cm³/mol. The first kappa shape index (κ1) is 12.6. The summed E-state index contributed by atoms with van der Waals surface area (Å²) in [5.41, 5.74) is 0.845. The predicted octanol–water partition coefficient (Wildman–Crippen LogP) is 3.72. The molecule has 17 heavy (non-hydrogen) atoms. The highest BCUT2D eigenvalue weighted by Gasteiger charge is 2.19. The molecule has 0 aliphatic heterocycles. The van der Waals surface area contributed by atoms with Gasteiger partial charge < -0.3 is 5.32 Å². The van der Waals surface area contributed by atoms with E-state index in [4.69, 9.17) is 11.6 Å². The highest BCUT2D eigenvalue weighted by Crippen LogP contribution is 2.20. The number of hydrogen-bond donors (Lipinski definition) is 1. The Bertz CT molecular complexity index is 399. The highest BCUT2D eigenvalue weighted by atomic mass is 35.5. The lowest BCUT2D eigenvalue weighted by Gasteiger charge is -2.01. The Morgan fingerprint density at radius 3 is 2.94 bits per heavy atom. The van der Waals surface area contributed by atoms with Crippen LogP contribution in [-0.4, -0.2) is 12.6 Å². The van der Waals surface area contributed by atoms with Crippen molar-refractivity contribution in [2.24, 2.45) is 0 Å². The lowest BCUT2D eigenvalue weighted by Crippen LogP contribution is -2.16. The van der Waals surface area contributed by atoms with E-state index in [9.17, 15) is 4.39 Å². The Morgan fingerprint density at radius 1 is 1.35 bits per heavy atom. The van der Waals surface area contributed by atoms with Gasteiger partial charge in [0, 0.05) is 6.04 Å². The zero-order valence-electron chi connectivity index (χ0n) is 9.76. The largest absolute Gasteiger partial charge is 0.314 e. The van der Waals surface area contributed by atoms with Crippen LogP contribution in [-0.2, 0) is 6.42 Å². The summed E-state index contributed by atoms with van der Waals surface area (Å²) in [4.78, 5) is 0. The molecule has 0 spiro atoms. The third kappa shape index (κ3) is 4.14. The molecule has 0 aromatic heterocycles. The van der Waals surface area contributed by atoms with Gasteiger partial charge in [-0.15, -0.1) is 0 Å². The van der Waals surface area contributed by atoms with Crippen LogP contribution in [0.4, 0.5) is 4.39 Å². The van der Waals surface area contributed by atoms with Crippen LogP contribution in [0.15, 0.2) is 30.4 Å². The summed E-state index contributed by atoms with van der Waals surface area (Å²) < 4.78 is 13.1. The Labute approximate surface area is 107 Å². The Hall–Kier alpha value is -0.860. The normalized spacial score (nSPS) is 15.6. The molecule has 0 amide bonds. The fraction of sp³-hybridized carbons (Fsp3) is 0.429. The quantitative estimate of drug-likeness (QED) is 0.602. The van der Waals surface area contributed by atoms with E-state index < -0.39 is 0 Å². The maximum Gasteiger partial charge on any atom is 0.142 e. The molecule has 1 fully saturated rings. The molecule has 1 aromatic carbocycles. The van der Waals surface area contributed by atoms with Gasteiger partial charge >= 0.3 is 0 Å². The first-order valence-electron chi connectivity index (χ1n) is 6.08. The number of hydrogen-bond acceptors (Lipinski definition) is 1. The van der Waals surface area contributed by atoms with Crippen molar-refractivity contribution in [2.75, 3.05) is 6.54 Å². The molecule has 1 nitrogen and oxygen atoms in total. The molecule has 2 rings (SSSR count). The molecule has 92 valence electrons. The molecule has 0 bridgehead atoms. The molecule has 0 unspecified atom stereocenters. The van der Waals surface area contributed by atoms with Crippen LogP contribution >= 0.6 is 11.6 Å². The van der Waals surface area contributed by atoms with E-state index in [1.165, 1.54) is 18.9 Å². The lowest BCUT2D eigenvalue weighted by atomic mass is 10.1. The second-order valence-electron chi connectivity index (χ2n) is 4.41. The molecular weight excluding hydrogens is 237 g/mol. The van der Waals surface area contributed by atoms with E-state index in [-0.39, 0.29) is 10.8 Å². The van der Waals surface area contributed by atoms with Crippen LogP contribution in [0.2, 0.25) is 5.02 Å². The summed E-state index contributed by atoms with van der Waals surface area (Å²) in [5.74, 6) is -0.340. The zero-order valence-corrected chi connectivity index (χ0v) is 10.5. The van der Waals surface area contributed by atoms with Crippen molar-refractivity contribution in [2.45, 2.75) is 31.7 Å². The molecule has 0 heterocycles. The standard InChI is InChI=1S/C14H17ClFN/c15-14-11(6-4-7-13(14)16)5-2-1-3-10-17-12-8-9-12/h1-2,4,6-7,12,17H,3,5,8-10H2/b2-1+. The summed E-state index contributed by atoms with van der Waals surface area (Å²) in [5, 5.41) is 3.68. The van der Waals surface area contributed by atoms with Crippen LogP contribution in [0.5, 0.6) is 0 Å². The molecule has 0 atom stereocenters. The van der Waals surface area contributed by atoms with Crippen LogP contribution in [0.3, 0.4) is 0 Å². The van der Waals surface area contributed by atoms with E-state index in [2.05, 4.69) is 17.5 Å². The molecule has 0 saturated heterocycles. The number of rotatable bonds is 6. The van der Waals surface area contributed by atoms with Crippen LogP contribution in [0, 0.1) is 5.82 Å². The van der Waals surface area contributed by atoms with Gasteiger partial charge in [0.25, 0.3) is 0 Å². The fourth-order valence-electron chi connectivity index (χ4n) is 1.69. The fourth-order valence-corrected chi connectivity index (χ4v) is 1.90. The summed E-state index contributed by atoms with van der Waals surface area (Å²) in [6.45, 7) is 1.03. The number of halogens is 2. The molecule has 1 aliphatic rings. The minimum absolute atomic E-state index is 0.244. The Morgan fingerprint density at radius 2 is 2.18 bits per heavy atom. The average molecular weight is 254 g/mol. The van der Waals surface area contributed by atoms with Crippen molar-refractivity contribution >= 4 is 11.6 Å². The molecular formula is C14H17ClFN. The molecule has 0 radical (unpaired) electrons. The van der Waals surface area contributed by atoms with E-state index in [0.717, 1.165) is 24.6 Å². The van der Waals surface area contributed by atoms with Gasteiger partial charge in [-0.1, -0.05) is 35.9 Å². The van der Waals surface area contributed by atoms with Gasteiger partial charge in [-0.2, -0.15) is 0 Å².